The first-order chi connectivity index (χ1) is 48.8. The normalized spacial score (nSPS) is 14.5. The lowest BCUT2D eigenvalue weighted by Crippen LogP contribution is -2.30. The average Bonchev–Trinajstić information content (AvgIpc) is 0.967. The van der Waals surface area contributed by atoms with Gasteiger partial charge in [0, 0.05) is 25.7 Å². The van der Waals surface area contributed by atoms with Crippen molar-refractivity contribution in [1.29, 1.82) is 0 Å². The monoisotopic (exact) mass is 1480 g/mol. The lowest BCUT2D eigenvalue weighted by molar-refractivity contribution is -0.161. The summed E-state index contributed by atoms with van der Waals surface area (Å²) in [7, 11) is -9.92. The van der Waals surface area contributed by atoms with Crippen LogP contribution < -0.4 is 0 Å². The van der Waals surface area contributed by atoms with E-state index in [0.29, 0.717) is 25.7 Å². The first kappa shape index (κ1) is 99.1. The van der Waals surface area contributed by atoms with Crippen molar-refractivity contribution >= 4 is 39.5 Å². The fraction of sp³-hybridized carbons (Fsp3) is 0.951. The predicted molar refractivity (Wildman–Crippen MR) is 414 cm³/mol. The van der Waals surface area contributed by atoms with Crippen molar-refractivity contribution in [3.05, 3.63) is 0 Å². The highest BCUT2D eigenvalue weighted by Crippen LogP contribution is 2.45. The molecule has 7 atom stereocenters. The Morgan fingerprint density at radius 2 is 0.505 bits per heavy atom. The van der Waals surface area contributed by atoms with E-state index >= 15 is 0 Å². The van der Waals surface area contributed by atoms with Gasteiger partial charge < -0.3 is 33.8 Å². The Labute approximate surface area is 619 Å². The molecule has 0 rings (SSSR count). The quantitative estimate of drug-likeness (QED) is 0.0222. The van der Waals surface area contributed by atoms with Gasteiger partial charge in [0.2, 0.25) is 0 Å². The van der Waals surface area contributed by atoms with Crippen LogP contribution in [0.2, 0.25) is 0 Å². The Hall–Kier alpha value is -1.94. The third-order valence-electron chi connectivity index (χ3n) is 19.9. The third kappa shape index (κ3) is 73.4. The maximum Gasteiger partial charge on any atom is 0.472 e. The molecule has 3 N–H and O–H groups in total. The molecule has 101 heavy (non-hydrogen) atoms. The molecule has 0 aliphatic carbocycles. The SMILES string of the molecule is CCCCCCCCCCCCCCCCCCCCCCC(=O)O[C@H](COC(=O)CCCCCCCCCCCCCCCCC(C)C)COP(=O)(O)OC[C@@H](O)COP(=O)(O)OC[C@@H](COC(=O)CCCCCCCCCCC(C)CC)OC(=O)CCCCCCCCCCC(C)CC. The summed E-state index contributed by atoms with van der Waals surface area (Å²) >= 11 is 0. The van der Waals surface area contributed by atoms with Gasteiger partial charge in [-0.05, 0) is 43.4 Å². The topological polar surface area (TPSA) is 237 Å². The van der Waals surface area contributed by atoms with Crippen molar-refractivity contribution in [3.8, 4) is 0 Å². The second kappa shape index (κ2) is 72.3. The van der Waals surface area contributed by atoms with Gasteiger partial charge in [0.05, 0.1) is 26.4 Å². The van der Waals surface area contributed by atoms with Gasteiger partial charge in [0.25, 0.3) is 0 Å². The van der Waals surface area contributed by atoms with Crippen molar-refractivity contribution in [2.75, 3.05) is 39.6 Å². The summed E-state index contributed by atoms with van der Waals surface area (Å²) in [6, 6.07) is 0. The molecular weight excluding hydrogens is 1320 g/mol. The number of rotatable bonds is 80. The molecule has 17 nitrogen and oxygen atoms in total. The molecule has 0 bridgehead atoms. The first-order valence-electron chi connectivity index (χ1n) is 42.4. The van der Waals surface area contributed by atoms with Crippen molar-refractivity contribution < 1.29 is 80.2 Å². The Morgan fingerprint density at radius 3 is 0.752 bits per heavy atom. The largest absolute Gasteiger partial charge is 0.472 e. The molecule has 0 aromatic rings. The minimum atomic E-state index is -4.96. The zero-order chi connectivity index (χ0) is 74.4. The number of ether oxygens (including phenoxy) is 4. The summed E-state index contributed by atoms with van der Waals surface area (Å²) in [6.45, 7) is 12.0. The van der Waals surface area contributed by atoms with Crippen molar-refractivity contribution in [2.45, 2.75) is 446 Å². The van der Waals surface area contributed by atoms with Crippen LogP contribution in [0, 0.1) is 17.8 Å². The van der Waals surface area contributed by atoms with E-state index in [1.54, 1.807) is 0 Å². The van der Waals surface area contributed by atoms with Crippen LogP contribution in [-0.2, 0) is 65.4 Å². The summed E-state index contributed by atoms with van der Waals surface area (Å²) < 4.78 is 68.8. The lowest BCUT2D eigenvalue weighted by atomic mass is 9.99. The number of unbranched alkanes of at least 4 members (excludes halogenated alkanes) is 46. The molecule has 0 spiro atoms. The van der Waals surface area contributed by atoms with Gasteiger partial charge in [-0.2, -0.15) is 0 Å². The van der Waals surface area contributed by atoms with Crippen LogP contribution in [-0.4, -0.2) is 96.7 Å². The maximum atomic E-state index is 13.1. The Morgan fingerprint density at radius 1 is 0.287 bits per heavy atom. The molecule has 0 saturated heterocycles. The maximum absolute atomic E-state index is 13.1. The number of esters is 4. The number of aliphatic hydroxyl groups excluding tert-OH is 1. The summed E-state index contributed by atoms with van der Waals surface area (Å²) in [4.78, 5) is 73.1. The molecule has 19 heteroatoms. The highest BCUT2D eigenvalue weighted by molar-refractivity contribution is 7.47. The second-order valence-electron chi connectivity index (χ2n) is 30.5. The van der Waals surface area contributed by atoms with Crippen molar-refractivity contribution in [1.82, 2.24) is 0 Å². The number of phosphoric ester groups is 2. The molecular formula is C82H160O17P2. The molecule has 0 aliphatic heterocycles. The molecule has 0 aliphatic rings. The van der Waals surface area contributed by atoms with Crippen LogP contribution in [0.3, 0.4) is 0 Å². The van der Waals surface area contributed by atoms with Gasteiger partial charge in [-0.1, -0.05) is 376 Å². The Balaban J connectivity index is 5.25. The minimum Gasteiger partial charge on any atom is -0.462 e. The van der Waals surface area contributed by atoms with E-state index in [1.807, 2.05) is 0 Å². The molecule has 0 heterocycles. The van der Waals surface area contributed by atoms with E-state index in [0.717, 1.165) is 108 Å². The van der Waals surface area contributed by atoms with Crippen molar-refractivity contribution in [3.63, 3.8) is 0 Å². The van der Waals surface area contributed by atoms with Gasteiger partial charge in [0.15, 0.2) is 12.2 Å². The number of hydrogen-bond donors (Lipinski definition) is 3. The summed E-state index contributed by atoms with van der Waals surface area (Å²) in [5, 5.41) is 10.6. The predicted octanol–water partition coefficient (Wildman–Crippen LogP) is 24.5. The Bertz CT molecular complexity index is 1960. The number of carbonyl (C=O) groups excluding carboxylic acids is 4. The third-order valence-corrected chi connectivity index (χ3v) is 21.8. The van der Waals surface area contributed by atoms with Crippen LogP contribution in [0.25, 0.3) is 0 Å². The van der Waals surface area contributed by atoms with Crippen LogP contribution in [0.15, 0.2) is 0 Å². The van der Waals surface area contributed by atoms with Gasteiger partial charge in [-0.15, -0.1) is 0 Å². The lowest BCUT2D eigenvalue weighted by Gasteiger charge is -2.21. The molecule has 4 unspecified atom stereocenters. The fourth-order valence-corrected chi connectivity index (χ4v) is 14.2. The van der Waals surface area contributed by atoms with Crippen molar-refractivity contribution in [2.24, 2.45) is 17.8 Å². The van der Waals surface area contributed by atoms with E-state index in [1.165, 1.54) is 238 Å². The van der Waals surface area contributed by atoms with Gasteiger partial charge in [0.1, 0.15) is 19.3 Å². The molecule has 0 saturated carbocycles. The van der Waals surface area contributed by atoms with E-state index in [4.69, 9.17) is 37.0 Å². The molecule has 0 aromatic carbocycles. The highest BCUT2D eigenvalue weighted by Gasteiger charge is 2.30. The summed E-state index contributed by atoms with van der Waals surface area (Å²) in [5.74, 6) is 0.234. The van der Waals surface area contributed by atoms with Gasteiger partial charge >= 0.3 is 39.5 Å². The smallest absolute Gasteiger partial charge is 0.462 e. The van der Waals surface area contributed by atoms with Crippen LogP contribution in [0.4, 0.5) is 0 Å². The van der Waals surface area contributed by atoms with Crippen LogP contribution in [0.5, 0.6) is 0 Å². The Kier molecular flexibility index (Phi) is 70.9. The minimum absolute atomic E-state index is 0.105. The van der Waals surface area contributed by atoms with E-state index < -0.39 is 97.5 Å². The van der Waals surface area contributed by atoms with E-state index in [-0.39, 0.29) is 25.7 Å². The van der Waals surface area contributed by atoms with E-state index in [9.17, 15) is 43.2 Å². The zero-order valence-electron chi connectivity index (χ0n) is 66.4. The second-order valence-corrected chi connectivity index (χ2v) is 33.4. The molecule has 0 amide bonds. The number of hydrogen-bond acceptors (Lipinski definition) is 15. The summed E-state index contributed by atoms with van der Waals surface area (Å²) in [5.41, 5.74) is 0. The van der Waals surface area contributed by atoms with E-state index in [2.05, 4.69) is 48.5 Å². The molecule has 0 aromatic heterocycles. The average molecular weight is 1480 g/mol. The number of aliphatic hydroxyl groups is 1. The number of carbonyl (C=O) groups is 4. The highest BCUT2D eigenvalue weighted by atomic mass is 31.2. The fourth-order valence-electron chi connectivity index (χ4n) is 12.6. The first-order valence-corrected chi connectivity index (χ1v) is 45.4. The number of phosphoric acid groups is 2. The molecule has 0 radical (unpaired) electrons. The summed E-state index contributed by atoms with van der Waals surface area (Å²) in [6.07, 6.45) is 61.0. The van der Waals surface area contributed by atoms with Gasteiger partial charge in [-0.3, -0.25) is 37.3 Å². The van der Waals surface area contributed by atoms with Gasteiger partial charge in [-0.25, -0.2) is 9.13 Å². The molecule has 600 valence electrons. The van der Waals surface area contributed by atoms with Crippen LogP contribution in [0.1, 0.15) is 427 Å². The standard InChI is InChI=1S/C82H160O17P2/c1-8-11-12-13-14-15-16-17-18-19-20-21-22-23-28-31-34-44-51-58-65-81(86)98-77(69-92-79(84)63-56-49-42-33-30-27-25-24-26-29-32-39-46-53-60-73(4)5)71-96-100(88,89)94-67-76(83)68-95-101(90,91)97-72-78(99-82(87)66-59-52-45-38-36-41-48-55-62-75(7)10-3)70-93-80(85)64-57-50-43-37-35-40-47-54-61-74(6)9-2/h73-78,83H,8-72H2,1-7H3,(H,88,89)(H,90,91)/t74?,75?,76-,77-,78-/m1/s1. The van der Waals surface area contributed by atoms with Crippen LogP contribution >= 0.6 is 15.6 Å². The molecule has 0 fully saturated rings. The zero-order valence-corrected chi connectivity index (χ0v) is 68.2.